The number of amides is 1. The van der Waals surface area contributed by atoms with Crippen LogP contribution in [-0.4, -0.2) is 56.1 Å². The molecule has 2 saturated heterocycles. The lowest BCUT2D eigenvalue weighted by molar-refractivity contribution is 0.0641. The summed E-state index contributed by atoms with van der Waals surface area (Å²) >= 11 is 0. The van der Waals surface area contributed by atoms with Gasteiger partial charge in [0.2, 0.25) is 0 Å². The standard InChI is InChI=1S/C16H18FN3O3/c1-2-14(21)15-10-20(16(22)23-15)11-3-4-13(12(17)9-11)19-7-5-18-6-8-19/h1,3-4,9,14-15,18,21H,5-8,10H2/t14?,15-/m1/s1. The van der Waals surface area contributed by atoms with Gasteiger partial charge >= 0.3 is 6.09 Å². The largest absolute Gasteiger partial charge is 0.440 e. The predicted octanol–water partition coefficient (Wildman–Crippen LogP) is 0.555. The summed E-state index contributed by atoms with van der Waals surface area (Å²) in [7, 11) is 0. The molecule has 1 amide bonds. The molecule has 23 heavy (non-hydrogen) atoms. The number of hydrogen-bond acceptors (Lipinski definition) is 5. The maximum Gasteiger partial charge on any atom is 0.414 e. The molecule has 1 aromatic carbocycles. The van der Waals surface area contributed by atoms with Crippen LogP contribution in [0.15, 0.2) is 18.2 Å². The van der Waals surface area contributed by atoms with E-state index in [1.54, 1.807) is 12.1 Å². The third-order valence-electron chi connectivity index (χ3n) is 4.06. The lowest BCUT2D eigenvalue weighted by Gasteiger charge is -2.30. The molecule has 2 aliphatic heterocycles. The third kappa shape index (κ3) is 3.09. The Kier molecular flexibility index (Phi) is 4.37. The van der Waals surface area contributed by atoms with E-state index in [0.29, 0.717) is 11.4 Å². The van der Waals surface area contributed by atoms with Crippen molar-refractivity contribution in [3.05, 3.63) is 24.0 Å². The van der Waals surface area contributed by atoms with Crippen LogP contribution in [-0.2, 0) is 4.74 Å². The van der Waals surface area contributed by atoms with E-state index < -0.39 is 24.1 Å². The minimum atomic E-state index is -1.17. The lowest BCUT2D eigenvalue weighted by Crippen LogP contribution is -2.43. The average Bonchev–Trinajstić information content (AvgIpc) is 2.96. The number of piperazine rings is 1. The Labute approximate surface area is 133 Å². The minimum absolute atomic E-state index is 0.0939. The molecule has 0 radical (unpaired) electrons. The van der Waals surface area contributed by atoms with Crippen LogP contribution in [0.5, 0.6) is 0 Å². The normalized spacial score (nSPS) is 22.7. The number of benzene rings is 1. The molecule has 2 fully saturated rings. The number of aliphatic hydroxyl groups is 1. The number of cyclic esters (lactones) is 1. The highest BCUT2D eigenvalue weighted by Gasteiger charge is 2.36. The fraction of sp³-hybridized carbons (Fsp3) is 0.438. The van der Waals surface area contributed by atoms with Gasteiger partial charge in [-0.3, -0.25) is 4.90 Å². The highest BCUT2D eigenvalue weighted by Crippen LogP contribution is 2.28. The number of nitrogens with one attached hydrogen (secondary N) is 1. The van der Waals surface area contributed by atoms with Gasteiger partial charge in [0, 0.05) is 26.2 Å². The van der Waals surface area contributed by atoms with Crippen LogP contribution in [0.2, 0.25) is 0 Å². The van der Waals surface area contributed by atoms with Crippen LogP contribution >= 0.6 is 0 Å². The molecule has 0 bridgehead atoms. The Bertz CT molecular complexity index is 640. The van der Waals surface area contributed by atoms with Gasteiger partial charge in [0.15, 0.2) is 12.2 Å². The molecule has 0 aromatic heterocycles. The number of nitrogens with zero attached hydrogens (tertiary/aromatic N) is 2. The van der Waals surface area contributed by atoms with Crippen LogP contribution in [0.1, 0.15) is 0 Å². The van der Waals surface area contributed by atoms with Crippen LogP contribution in [0.4, 0.5) is 20.6 Å². The van der Waals surface area contributed by atoms with Crippen molar-refractivity contribution in [3.63, 3.8) is 0 Å². The molecule has 0 aliphatic carbocycles. The zero-order valence-corrected chi connectivity index (χ0v) is 12.5. The van der Waals surface area contributed by atoms with Crippen molar-refractivity contribution in [1.29, 1.82) is 0 Å². The van der Waals surface area contributed by atoms with E-state index in [2.05, 4.69) is 11.2 Å². The molecule has 6 nitrogen and oxygen atoms in total. The first-order chi connectivity index (χ1) is 11.1. The van der Waals surface area contributed by atoms with Gasteiger partial charge in [-0.2, -0.15) is 0 Å². The van der Waals surface area contributed by atoms with Crippen LogP contribution in [0.25, 0.3) is 0 Å². The maximum atomic E-state index is 14.4. The topological polar surface area (TPSA) is 65.0 Å². The molecule has 2 aliphatic rings. The first kappa shape index (κ1) is 15.6. The van der Waals surface area contributed by atoms with Gasteiger partial charge in [0.1, 0.15) is 5.82 Å². The van der Waals surface area contributed by atoms with E-state index in [0.717, 1.165) is 26.2 Å². The molecule has 3 rings (SSSR count). The quantitative estimate of drug-likeness (QED) is 0.797. The molecule has 2 N–H and O–H groups in total. The van der Waals surface area contributed by atoms with E-state index >= 15 is 0 Å². The Morgan fingerprint density at radius 2 is 2.17 bits per heavy atom. The number of carbonyl (C=O) groups is 1. The first-order valence-electron chi connectivity index (χ1n) is 7.47. The van der Waals surface area contributed by atoms with Gasteiger partial charge in [0.25, 0.3) is 0 Å². The lowest BCUT2D eigenvalue weighted by atomic mass is 10.2. The van der Waals surface area contributed by atoms with Gasteiger partial charge in [-0.05, 0) is 18.2 Å². The molecule has 0 saturated carbocycles. The molecule has 122 valence electrons. The van der Waals surface area contributed by atoms with E-state index in [-0.39, 0.29) is 6.54 Å². The van der Waals surface area contributed by atoms with Gasteiger partial charge in [-0.25, -0.2) is 9.18 Å². The molecular formula is C16H18FN3O3. The molecule has 2 atom stereocenters. The SMILES string of the molecule is C#CC(O)[C@H]1CN(c2ccc(N3CCNCC3)c(F)c2)C(=O)O1. The van der Waals surface area contributed by atoms with Crippen LogP contribution in [0, 0.1) is 18.2 Å². The highest BCUT2D eigenvalue weighted by molar-refractivity contribution is 5.90. The fourth-order valence-corrected chi connectivity index (χ4v) is 2.79. The second-order valence-electron chi connectivity index (χ2n) is 5.52. The van der Waals surface area contributed by atoms with Crippen molar-refractivity contribution in [2.45, 2.75) is 12.2 Å². The van der Waals surface area contributed by atoms with Crippen LogP contribution in [0.3, 0.4) is 0 Å². The molecule has 7 heteroatoms. The third-order valence-corrected chi connectivity index (χ3v) is 4.06. The summed E-state index contributed by atoms with van der Waals surface area (Å²) in [5.74, 6) is 1.74. The van der Waals surface area contributed by atoms with E-state index in [4.69, 9.17) is 11.2 Å². The average molecular weight is 319 g/mol. The zero-order valence-electron chi connectivity index (χ0n) is 12.5. The van der Waals surface area contributed by atoms with Crippen molar-refractivity contribution in [3.8, 4) is 12.3 Å². The summed E-state index contributed by atoms with van der Waals surface area (Å²) in [6.45, 7) is 3.18. The summed E-state index contributed by atoms with van der Waals surface area (Å²) in [6, 6.07) is 4.64. The van der Waals surface area contributed by atoms with Gasteiger partial charge in [-0.1, -0.05) is 5.92 Å². The number of halogens is 1. The highest BCUT2D eigenvalue weighted by atomic mass is 19.1. The van der Waals surface area contributed by atoms with Gasteiger partial charge in [0.05, 0.1) is 17.9 Å². The smallest absolute Gasteiger partial charge is 0.414 e. The zero-order chi connectivity index (χ0) is 16.4. The molecular weight excluding hydrogens is 301 g/mol. The summed E-state index contributed by atoms with van der Waals surface area (Å²) in [5, 5.41) is 12.8. The number of rotatable bonds is 3. The minimum Gasteiger partial charge on any atom is -0.440 e. The Morgan fingerprint density at radius 3 is 2.83 bits per heavy atom. The predicted molar refractivity (Wildman–Crippen MR) is 83.9 cm³/mol. The second kappa shape index (κ2) is 6.44. The van der Waals surface area contributed by atoms with Gasteiger partial charge < -0.3 is 20.1 Å². The molecule has 0 spiro atoms. The van der Waals surface area contributed by atoms with Gasteiger partial charge in [-0.15, -0.1) is 6.42 Å². The monoisotopic (exact) mass is 319 g/mol. The van der Waals surface area contributed by atoms with Crippen molar-refractivity contribution in [2.24, 2.45) is 0 Å². The number of hydrogen-bond donors (Lipinski definition) is 2. The number of aliphatic hydroxyl groups excluding tert-OH is 1. The summed E-state index contributed by atoms with van der Waals surface area (Å²) < 4.78 is 19.4. The van der Waals surface area contributed by atoms with E-state index in [9.17, 15) is 14.3 Å². The van der Waals surface area contributed by atoms with Crippen molar-refractivity contribution in [2.75, 3.05) is 42.5 Å². The Hall–Kier alpha value is -2.30. The van der Waals surface area contributed by atoms with Crippen molar-refractivity contribution < 1.29 is 19.0 Å². The molecule has 2 heterocycles. The molecule has 1 aromatic rings. The second-order valence-corrected chi connectivity index (χ2v) is 5.52. The Morgan fingerprint density at radius 1 is 1.43 bits per heavy atom. The summed E-state index contributed by atoms with van der Waals surface area (Å²) in [4.78, 5) is 15.1. The fourth-order valence-electron chi connectivity index (χ4n) is 2.79. The summed E-state index contributed by atoms with van der Waals surface area (Å²) in [6.07, 6.45) is 2.51. The van der Waals surface area contributed by atoms with E-state index in [1.807, 2.05) is 4.90 Å². The number of terminal acetylenes is 1. The van der Waals surface area contributed by atoms with Crippen molar-refractivity contribution in [1.82, 2.24) is 5.32 Å². The first-order valence-corrected chi connectivity index (χ1v) is 7.47. The van der Waals surface area contributed by atoms with Crippen LogP contribution < -0.4 is 15.1 Å². The van der Waals surface area contributed by atoms with E-state index in [1.165, 1.54) is 11.0 Å². The molecule has 1 unspecified atom stereocenters. The number of carbonyl (C=O) groups excluding carboxylic acids is 1. The number of anilines is 2. The maximum absolute atomic E-state index is 14.4. The Balaban J connectivity index is 1.78. The number of ether oxygens (including phenoxy) is 1. The van der Waals surface area contributed by atoms with Crippen molar-refractivity contribution >= 4 is 17.5 Å². The summed E-state index contributed by atoms with van der Waals surface area (Å²) in [5.41, 5.74) is 0.904.